The molecule has 2 unspecified atom stereocenters. The zero-order valence-electron chi connectivity index (χ0n) is 10.2. The van der Waals surface area contributed by atoms with E-state index in [1.807, 2.05) is 0 Å². The number of nitrogens with zero attached hydrogens (tertiary/aromatic N) is 1. The first-order valence-electron chi connectivity index (χ1n) is 6.34. The highest BCUT2D eigenvalue weighted by Crippen LogP contribution is 2.21. The van der Waals surface area contributed by atoms with Crippen LogP contribution in [0.25, 0.3) is 0 Å². The zero-order chi connectivity index (χ0) is 12.4. The zero-order valence-corrected chi connectivity index (χ0v) is 10.2. The van der Waals surface area contributed by atoms with E-state index < -0.39 is 5.97 Å². The second-order valence-electron chi connectivity index (χ2n) is 5.16. The Morgan fingerprint density at radius 2 is 2.12 bits per heavy atom. The molecule has 0 saturated carbocycles. The van der Waals surface area contributed by atoms with Gasteiger partial charge in [-0.25, -0.2) is 0 Å². The van der Waals surface area contributed by atoms with Gasteiger partial charge in [0.15, 0.2) is 0 Å². The fraction of sp³-hybridized carbons (Fsp3) is 0.833. The van der Waals surface area contributed by atoms with Crippen LogP contribution < -0.4 is 5.32 Å². The molecule has 5 nitrogen and oxygen atoms in total. The molecule has 0 aromatic carbocycles. The average molecular weight is 240 g/mol. The summed E-state index contributed by atoms with van der Waals surface area (Å²) in [5.41, 5.74) is 0. The molecule has 1 amide bonds. The topological polar surface area (TPSA) is 69.6 Å². The van der Waals surface area contributed by atoms with Crippen molar-refractivity contribution >= 4 is 11.9 Å². The predicted molar refractivity (Wildman–Crippen MR) is 62.5 cm³/mol. The molecule has 96 valence electrons. The largest absolute Gasteiger partial charge is 0.481 e. The van der Waals surface area contributed by atoms with Gasteiger partial charge in [0.25, 0.3) is 0 Å². The lowest BCUT2D eigenvalue weighted by molar-refractivity contribution is -0.146. The highest BCUT2D eigenvalue weighted by molar-refractivity contribution is 5.83. The number of aliphatic carboxylic acids is 1. The molecule has 0 aromatic heterocycles. The van der Waals surface area contributed by atoms with Crippen LogP contribution in [0.3, 0.4) is 0 Å². The van der Waals surface area contributed by atoms with E-state index in [-0.39, 0.29) is 17.9 Å². The van der Waals surface area contributed by atoms with E-state index in [0.29, 0.717) is 25.4 Å². The summed E-state index contributed by atoms with van der Waals surface area (Å²) in [6.07, 6.45) is 2.50. The molecule has 5 heteroatoms. The monoisotopic (exact) mass is 240 g/mol. The van der Waals surface area contributed by atoms with E-state index in [1.165, 1.54) is 0 Å². The first kappa shape index (κ1) is 12.4. The van der Waals surface area contributed by atoms with E-state index >= 15 is 0 Å². The second-order valence-corrected chi connectivity index (χ2v) is 5.16. The Morgan fingerprint density at radius 1 is 1.35 bits per heavy atom. The molecule has 2 aliphatic heterocycles. The second kappa shape index (κ2) is 5.04. The molecule has 3 atom stereocenters. The van der Waals surface area contributed by atoms with Crippen molar-refractivity contribution in [3.63, 3.8) is 0 Å². The van der Waals surface area contributed by atoms with E-state index in [0.717, 1.165) is 19.4 Å². The standard InChI is InChI=1S/C12H20N2O3/c1-8-4-5-13-10(8)11(15)14-6-2-3-9(7-14)12(16)17/h8-10,13H,2-7H2,1H3,(H,16,17)/t8?,9-,10?/m1/s1. The van der Waals surface area contributed by atoms with Crippen LogP contribution >= 0.6 is 0 Å². The van der Waals surface area contributed by atoms with Crippen LogP contribution in [0.1, 0.15) is 26.2 Å². The van der Waals surface area contributed by atoms with Gasteiger partial charge in [0.2, 0.25) is 5.91 Å². The molecule has 2 heterocycles. The Hall–Kier alpha value is -1.10. The van der Waals surface area contributed by atoms with Crippen molar-refractivity contribution in [2.45, 2.75) is 32.2 Å². The van der Waals surface area contributed by atoms with Crippen LogP contribution in [0.4, 0.5) is 0 Å². The van der Waals surface area contributed by atoms with Gasteiger partial charge in [-0.05, 0) is 31.7 Å². The molecule has 0 aromatic rings. The number of nitrogens with one attached hydrogen (secondary N) is 1. The van der Waals surface area contributed by atoms with Crippen molar-refractivity contribution in [2.75, 3.05) is 19.6 Å². The summed E-state index contributed by atoms with van der Waals surface area (Å²) in [5.74, 6) is -0.729. The fourth-order valence-corrected chi connectivity index (χ4v) is 2.74. The van der Waals surface area contributed by atoms with Gasteiger partial charge in [-0.1, -0.05) is 6.92 Å². The molecule has 2 fully saturated rings. The number of carboxylic acids is 1. The number of carbonyl (C=O) groups is 2. The molecular formula is C12H20N2O3. The highest BCUT2D eigenvalue weighted by atomic mass is 16.4. The Morgan fingerprint density at radius 3 is 2.71 bits per heavy atom. The number of hydrogen-bond acceptors (Lipinski definition) is 3. The Kier molecular flexibility index (Phi) is 3.66. The fourth-order valence-electron chi connectivity index (χ4n) is 2.74. The number of carbonyl (C=O) groups excluding carboxylic acids is 1. The van der Waals surface area contributed by atoms with Gasteiger partial charge < -0.3 is 15.3 Å². The minimum Gasteiger partial charge on any atom is -0.481 e. The third-order valence-corrected chi connectivity index (χ3v) is 3.88. The summed E-state index contributed by atoms with van der Waals surface area (Å²) >= 11 is 0. The summed E-state index contributed by atoms with van der Waals surface area (Å²) < 4.78 is 0. The van der Waals surface area contributed by atoms with Crippen molar-refractivity contribution in [3.05, 3.63) is 0 Å². The van der Waals surface area contributed by atoms with Gasteiger partial charge in [0.1, 0.15) is 0 Å². The van der Waals surface area contributed by atoms with Gasteiger partial charge in [0.05, 0.1) is 12.0 Å². The molecule has 2 aliphatic rings. The van der Waals surface area contributed by atoms with Crippen LogP contribution in [-0.4, -0.2) is 47.6 Å². The Balaban J connectivity index is 1.97. The van der Waals surface area contributed by atoms with Crippen molar-refractivity contribution in [1.29, 1.82) is 0 Å². The minimum absolute atomic E-state index is 0.0842. The lowest BCUT2D eigenvalue weighted by Gasteiger charge is -2.33. The van der Waals surface area contributed by atoms with Gasteiger partial charge in [-0.2, -0.15) is 0 Å². The number of carboxylic acid groups (broad SMARTS) is 1. The number of hydrogen-bond donors (Lipinski definition) is 2. The molecule has 0 bridgehead atoms. The summed E-state index contributed by atoms with van der Waals surface area (Å²) in [5, 5.41) is 12.2. The maximum absolute atomic E-state index is 12.2. The molecule has 17 heavy (non-hydrogen) atoms. The third kappa shape index (κ3) is 2.60. The molecule has 2 N–H and O–H groups in total. The van der Waals surface area contributed by atoms with E-state index in [9.17, 15) is 9.59 Å². The van der Waals surface area contributed by atoms with Crippen LogP contribution in [-0.2, 0) is 9.59 Å². The molecule has 0 spiro atoms. The summed E-state index contributed by atoms with van der Waals surface area (Å²) in [4.78, 5) is 24.9. The summed E-state index contributed by atoms with van der Waals surface area (Å²) in [6, 6.07) is -0.109. The Bertz CT molecular complexity index is 319. The van der Waals surface area contributed by atoms with E-state index in [2.05, 4.69) is 12.2 Å². The predicted octanol–water partition coefficient (Wildman–Crippen LogP) is 0.308. The van der Waals surface area contributed by atoms with Gasteiger partial charge in [0, 0.05) is 13.1 Å². The average Bonchev–Trinajstić information content (AvgIpc) is 2.74. The normalized spacial score (nSPS) is 33.7. The maximum Gasteiger partial charge on any atom is 0.308 e. The van der Waals surface area contributed by atoms with Crippen molar-refractivity contribution < 1.29 is 14.7 Å². The molecule has 2 saturated heterocycles. The number of rotatable bonds is 2. The summed E-state index contributed by atoms with van der Waals surface area (Å²) in [7, 11) is 0. The van der Waals surface area contributed by atoms with Crippen LogP contribution in [0.2, 0.25) is 0 Å². The quantitative estimate of drug-likeness (QED) is 0.728. The molecule has 2 rings (SSSR count). The van der Waals surface area contributed by atoms with Crippen LogP contribution in [0.15, 0.2) is 0 Å². The number of likely N-dealkylation sites (tertiary alicyclic amines) is 1. The highest BCUT2D eigenvalue weighted by Gasteiger charge is 2.35. The van der Waals surface area contributed by atoms with E-state index in [4.69, 9.17) is 5.11 Å². The smallest absolute Gasteiger partial charge is 0.308 e. The van der Waals surface area contributed by atoms with Crippen LogP contribution in [0.5, 0.6) is 0 Å². The number of amides is 1. The molecule has 0 radical (unpaired) electrons. The van der Waals surface area contributed by atoms with Crippen molar-refractivity contribution in [2.24, 2.45) is 11.8 Å². The molecule has 0 aliphatic carbocycles. The SMILES string of the molecule is CC1CCNC1C(=O)N1CCC[C@@H](C(=O)O)C1. The third-order valence-electron chi connectivity index (χ3n) is 3.88. The first-order valence-corrected chi connectivity index (χ1v) is 6.34. The number of piperidine rings is 1. The van der Waals surface area contributed by atoms with Crippen LogP contribution in [0, 0.1) is 11.8 Å². The van der Waals surface area contributed by atoms with Crippen molar-refractivity contribution in [1.82, 2.24) is 10.2 Å². The minimum atomic E-state index is -0.782. The summed E-state index contributed by atoms with van der Waals surface area (Å²) in [6.45, 7) is 4.03. The van der Waals surface area contributed by atoms with Gasteiger partial charge in [-0.3, -0.25) is 9.59 Å². The first-order chi connectivity index (χ1) is 8.09. The van der Waals surface area contributed by atoms with E-state index in [1.54, 1.807) is 4.90 Å². The van der Waals surface area contributed by atoms with Gasteiger partial charge >= 0.3 is 5.97 Å². The Labute approximate surface area is 101 Å². The van der Waals surface area contributed by atoms with Gasteiger partial charge in [-0.15, -0.1) is 0 Å². The maximum atomic E-state index is 12.2. The van der Waals surface area contributed by atoms with Crippen molar-refractivity contribution in [3.8, 4) is 0 Å². The molecular weight excluding hydrogens is 220 g/mol. The lowest BCUT2D eigenvalue weighted by Crippen LogP contribution is -2.50. The lowest BCUT2D eigenvalue weighted by atomic mass is 9.96.